The highest BCUT2D eigenvalue weighted by Crippen LogP contribution is 2.67. The molecule has 0 aliphatic heterocycles. The van der Waals surface area contributed by atoms with Crippen LogP contribution in [-0.2, 0) is 28.8 Å². The van der Waals surface area contributed by atoms with Gasteiger partial charge in [-0.05, 0) is 93.1 Å². The van der Waals surface area contributed by atoms with E-state index in [0.29, 0.717) is 67.5 Å². The summed E-state index contributed by atoms with van der Waals surface area (Å²) in [5, 5.41) is 0. The number of hydrogen-bond acceptors (Lipinski definition) is 10. The van der Waals surface area contributed by atoms with Gasteiger partial charge < -0.3 is 18.9 Å². The van der Waals surface area contributed by atoms with Crippen molar-refractivity contribution in [3.63, 3.8) is 0 Å². The Morgan fingerprint density at radius 1 is 0.375 bits per heavy atom. The van der Waals surface area contributed by atoms with Gasteiger partial charge in [-0.25, -0.2) is 0 Å². The number of rotatable bonds is 4. The van der Waals surface area contributed by atoms with Crippen LogP contribution in [0.25, 0.3) is 0 Å². The van der Waals surface area contributed by atoms with Crippen LogP contribution in [0.1, 0.15) is 45.9 Å². The lowest BCUT2D eigenvalue weighted by molar-refractivity contribution is -0.131. The average Bonchev–Trinajstić information content (AvgIpc) is 3.09. The van der Waals surface area contributed by atoms with Crippen molar-refractivity contribution in [1.82, 2.24) is 0 Å². The van der Waals surface area contributed by atoms with Gasteiger partial charge in [0.15, 0.2) is 34.6 Å². The molecule has 0 N–H and O–H groups in total. The van der Waals surface area contributed by atoms with E-state index in [9.17, 15) is 19.2 Å². The van der Waals surface area contributed by atoms with E-state index in [0.717, 1.165) is 0 Å². The summed E-state index contributed by atoms with van der Waals surface area (Å²) in [6.07, 6.45) is 5.09. The Kier molecular flexibility index (Phi) is 5.52. The highest BCUT2D eigenvalue weighted by molar-refractivity contribution is 6.48. The zero-order chi connectivity index (χ0) is 33.5. The van der Waals surface area contributed by atoms with Gasteiger partial charge in [0, 0.05) is 46.0 Å². The molecule has 0 saturated carbocycles. The summed E-state index contributed by atoms with van der Waals surface area (Å²) < 4.78 is 22.4. The molecule has 0 saturated heterocycles. The topological polar surface area (TPSA) is 139 Å². The molecule has 0 aromatic heterocycles. The number of ketones is 6. The molecule has 2 aromatic rings. The number of allylic oxidation sites excluding steroid dienone is 12. The van der Waals surface area contributed by atoms with Crippen LogP contribution in [0.4, 0.5) is 0 Å². The van der Waals surface area contributed by atoms with E-state index < -0.39 is 46.8 Å². The normalized spacial score (nSPS) is 25.7. The number of hydrogen-bond donors (Lipinski definition) is 0. The number of carbonyl (C=O) groups is 6. The van der Waals surface area contributed by atoms with Crippen molar-refractivity contribution in [2.24, 2.45) is 0 Å². The first-order valence-electron chi connectivity index (χ1n) is 15.3. The minimum absolute atomic E-state index is 0.230. The SMILES string of the molecule is COc1cc2c(cc1OC)[C@H]1C3=CC(=O)C(=O)C=C3[C@@H]2C2=C1C(=O)C1=C(C2=O)[C@@H]2C3=CC(=O)C(=O)C=C3[C@H]1c1cc(OC)c(OC)cc12. The molecule has 2 aromatic carbocycles. The lowest BCUT2D eigenvalue weighted by atomic mass is 9.49. The van der Waals surface area contributed by atoms with Crippen molar-refractivity contribution in [1.29, 1.82) is 0 Å². The van der Waals surface area contributed by atoms with E-state index in [2.05, 4.69) is 0 Å². The molecular formula is C38H24O10. The summed E-state index contributed by atoms with van der Waals surface area (Å²) >= 11 is 0. The molecule has 0 fully saturated rings. The van der Waals surface area contributed by atoms with Gasteiger partial charge in [-0.15, -0.1) is 0 Å². The third-order valence-corrected chi connectivity index (χ3v) is 10.7. The lowest BCUT2D eigenvalue weighted by Crippen LogP contribution is -2.46. The summed E-state index contributed by atoms with van der Waals surface area (Å²) in [6, 6.07) is 7.02. The summed E-state index contributed by atoms with van der Waals surface area (Å²) in [7, 11) is 5.96. The molecule has 0 amide bonds. The number of ether oxygens (including phenoxy) is 4. The first kappa shape index (κ1) is 28.3. The van der Waals surface area contributed by atoms with Gasteiger partial charge in [-0.3, -0.25) is 28.8 Å². The average molecular weight is 641 g/mol. The highest BCUT2D eigenvalue weighted by atomic mass is 16.5. The fourth-order valence-electron chi connectivity index (χ4n) is 8.84. The maximum Gasteiger partial charge on any atom is 0.226 e. The van der Waals surface area contributed by atoms with Crippen LogP contribution in [0.2, 0.25) is 0 Å². The molecule has 10 heteroatoms. The van der Waals surface area contributed by atoms with Crippen molar-refractivity contribution in [2.75, 3.05) is 28.4 Å². The number of Topliss-reactive ketones (excluding diaryl/α,β-unsaturated/α-hetero) is 2. The molecule has 48 heavy (non-hydrogen) atoms. The zero-order valence-corrected chi connectivity index (χ0v) is 26.0. The molecule has 4 atom stereocenters. The van der Waals surface area contributed by atoms with Crippen molar-refractivity contribution in [3.8, 4) is 23.0 Å². The van der Waals surface area contributed by atoms with Crippen molar-refractivity contribution in [3.05, 3.63) is 115 Å². The summed E-state index contributed by atoms with van der Waals surface area (Å²) in [5.41, 5.74) is 5.52. The van der Waals surface area contributed by atoms with E-state index in [4.69, 9.17) is 18.9 Å². The molecule has 4 bridgehead atoms. The highest BCUT2D eigenvalue weighted by Gasteiger charge is 2.59. The van der Waals surface area contributed by atoms with Crippen molar-refractivity contribution in [2.45, 2.75) is 23.7 Å². The van der Waals surface area contributed by atoms with Gasteiger partial charge in [-0.1, -0.05) is 0 Å². The van der Waals surface area contributed by atoms with E-state index in [1.165, 1.54) is 52.7 Å². The molecule has 9 aliphatic rings. The molecule has 10 nitrogen and oxygen atoms in total. The predicted octanol–water partition coefficient (Wildman–Crippen LogP) is 3.56. The third kappa shape index (κ3) is 3.21. The minimum atomic E-state index is -0.850. The van der Waals surface area contributed by atoms with Gasteiger partial charge >= 0.3 is 0 Å². The fraction of sp³-hybridized carbons (Fsp3) is 0.211. The maximum absolute atomic E-state index is 15.2. The van der Waals surface area contributed by atoms with Crippen LogP contribution in [0, 0.1) is 0 Å². The van der Waals surface area contributed by atoms with E-state index >= 15 is 9.59 Å². The van der Waals surface area contributed by atoms with Crippen LogP contribution in [0.3, 0.4) is 0 Å². The maximum atomic E-state index is 15.2. The Morgan fingerprint density at radius 2 is 0.583 bits per heavy atom. The molecular weight excluding hydrogens is 616 g/mol. The zero-order valence-electron chi connectivity index (χ0n) is 26.0. The lowest BCUT2D eigenvalue weighted by Gasteiger charge is -2.51. The first-order chi connectivity index (χ1) is 23.1. The minimum Gasteiger partial charge on any atom is -0.493 e. The van der Waals surface area contributed by atoms with Crippen LogP contribution >= 0.6 is 0 Å². The number of carbonyl (C=O) groups excluding carboxylic acids is 6. The van der Waals surface area contributed by atoms with Crippen molar-refractivity contribution >= 4 is 34.7 Å². The van der Waals surface area contributed by atoms with E-state index in [-0.39, 0.29) is 33.9 Å². The van der Waals surface area contributed by atoms with E-state index in [1.54, 1.807) is 24.3 Å². The molecule has 9 aliphatic carbocycles. The molecule has 11 rings (SSSR count). The van der Waals surface area contributed by atoms with Crippen LogP contribution in [-0.4, -0.2) is 63.1 Å². The van der Waals surface area contributed by atoms with Gasteiger partial charge in [-0.2, -0.15) is 0 Å². The first-order valence-corrected chi connectivity index (χ1v) is 15.3. The van der Waals surface area contributed by atoms with Gasteiger partial charge in [0.2, 0.25) is 23.1 Å². The third-order valence-electron chi connectivity index (χ3n) is 10.7. The van der Waals surface area contributed by atoms with Crippen molar-refractivity contribution < 1.29 is 47.7 Å². The van der Waals surface area contributed by atoms with Gasteiger partial charge in [0.1, 0.15) is 0 Å². The Bertz CT molecular complexity index is 1990. The number of methoxy groups -OCH3 is 4. The smallest absolute Gasteiger partial charge is 0.226 e. The monoisotopic (exact) mass is 640 g/mol. The number of benzene rings is 2. The summed E-state index contributed by atoms with van der Waals surface area (Å²) in [4.78, 5) is 81.4. The molecule has 0 radical (unpaired) electrons. The molecule has 236 valence electrons. The van der Waals surface area contributed by atoms with Crippen LogP contribution in [0.15, 0.2) is 93.2 Å². The fourth-order valence-corrected chi connectivity index (χ4v) is 8.84. The Morgan fingerprint density at radius 3 is 0.771 bits per heavy atom. The largest absolute Gasteiger partial charge is 0.493 e. The molecule has 0 unspecified atom stereocenters. The standard InChI is InChI=1S/C38H24O10/c1-45-25-9-17-18(10-26(25)46-2)30-14-6-22(40)21(39)5-13(14)29(17)33-34(30)38(44)36-32-16-8-24(42)23(41)7-15(16)31(35(36)37(33)43)19-11-27(47-3)28(48-4)12-20(19)32/h5-12,29-32H,1-4H3/t29-,30+,31+,32-. The second-order valence-electron chi connectivity index (χ2n) is 12.6. The Balaban J connectivity index is 1.34. The second kappa shape index (κ2) is 9.34. The Labute approximate surface area is 272 Å². The molecule has 0 heterocycles. The van der Waals surface area contributed by atoms with E-state index in [1.807, 2.05) is 0 Å². The summed E-state index contributed by atoms with van der Waals surface area (Å²) in [6.45, 7) is 0. The predicted molar refractivity (Wildman–Crippen MR) is 166 cm³/mol. The Hall–Kier alpha value is -5.90. The van der Waals surface area contributed by atoms with Gasteiger partial charge in [0.25, 0.3) is 0 Å². The van der Waals surface area contributed by atoms with Crippen LogP contribution < -0.4 is 18.9 Å². The quantitative estimate of drug-likeness (QED) is 0.277. The van der Waals surface area contributed by atoms with Crippen LogP contribution in [0.5, 0.6) is 23.0 Å². The molecule has 0 spiro atoms. The second-order valence-corrected chi connectivity index (χ2v) is 12.6. The van der Waals surface area contributed by atoms with Gasteiger partial charge in [0.05, 0.1) is 28.4 Å². The summed E-state index contributed by atoms with van der Waals surface area (Å²) in [5.74, 6) is -5.40.